The molecule has 0 aromatic heterocycles. The quantitative estimate of drug-likeness (QED) is 0.355. The lowest BCUT2D eigenvalue weighted by atomic mass is 9.33. The summed E-state index contributed by atoms with van der Waals surface area (Å²) in [6, 6.07) is 35.3. The van der Waals surface area contributed by atoms with Crippen molar-refractivity contribution in [3.05, 3.63) is 97.1 Å². The molecule has 0 bridgehead atoms. The van der Waals surface area contributed by atoms with Gasteiger partial charge >= 0.3 is 0 Å². The fraction of sp³-hybridized carbons (Fsp3) is 0.143. The van der Waals surface area contributed by atoms with Crippen molar-refractivity contribution in [2.45, 2.75) is 26.3 Å². The largest absolute Gasteiger partial charge is 0.337 e. The van der Waals surface area contributed by atoms with Crippen LogP contribution in [0.25, 0.3) is 0 Å². The second-order valence-corrected chi connectivity index (χ2v) is 9.44. The summed E-state index contributed by atoms with van der Waals surface area (Å²) in [6.07, 6.45) is 0. The molecule has 3 heteroatoms. The van der Waals surface area contributed by atoms with Gasteiger partial charge in [0, 0.05) is 34.0 Å². The first kappa shape index (κ1) is 18.3. The maximum atomic E-state index is 2.52. The third-order valence-corrected chi connectivity index (χ3v) is 6.49. The molecule has 6 rings (SSSR count). The second-order valence-electron chi connectivity index (χ2n) is 9.44. The van der Waals surface area contributed by atoms with Crippen molar-refractivity contribution < 1.29 is 0 Å². The SMILES string of the molecule is CC(C)(C)N1c2ccccc2B2c3ccccc3N(c3ccccc3)c3cccc1c32. The molecule has 2 aliphatic rings. The van der Waals surface area contributed by atoms with Crippen molar-refractivity contribution in [2.24, 2.45) is 0 Å². The minimum absolute atomic E-state index is 0.0370. The molecular formula is C28H25BN2. The Labute approximate surface area is 184 Å². The molecule has 31 heavy (non-hydrogen) atoms. The van der Waals surface area contributed by atoms with E-state index < -0.39 is 0 Å². The van der Waals surface area contributed by atoms with Crippen LogP contribution >= 0.6 is 0 Å². The molecule has 0 aliphatic carbocycles. The zero-order valence-electron chi connectivity index (χ0n) is 18.2. The first-order valence-corrected chi connectivity index (χ1v) is 11.0. The molecular weight excluding hydrogens is 375 g/mol. The molecule has 0 saturated carbocycles. The van der Waals surface area contributed by atoms with Gasteiger partial charge < -0.3 is 9.80 Å². The molecule has 0 atom stereocenters. The topological polar surface area (TPSA) is 6.48 Å². The highest BCUT2D eigenvalue weighted by molar-refractivity contribution is 7.00. The molecule has 0 spiro atoms. The van der Waals surface area contributed by atoms with Crippen LogP contribution in [-0.2, 0) is 0 Å². The highest BCUT2D eigenvalue weighted by Crippen LogP contribution is 2.42. The van der Waals surface area contributed by atoms with E-state index in [1.807, 2.05) is 0 Å². The Hall–Kier alpha value is -3.46. The van der Waals surface area contributed by atoms with Crippen LogP contribution in [0.4, 0.5) is 28.4 Å². The van der Waals surface area contributed by atoms with Gasteiger partial charge in [-0.3, -0.25) is 0 Å². The van der Waals surface area contributed by atoms with Crippen molar-refractivity contribution >= 4 is 51.5 Å². The summed E-state index contributed by atoms with van der Waals surface area (Å²) < 4.78 is 0. The maximum absolute atomic E-state index is 2.52. The zero-order valence-corrected chi connectivity index (χ0v) is 18.2. The summed E-state index contributed by atoms with van der Waals surface area (Å²) in [7, 11) is 0. The van der Waals surface area contributed by atoms with Crippen LogP contribution < -0.4 is 26.2 Å². The van der Waals surface area contributed by atoms with Gasteiger partial charge in [-0.15, -0.1) is 0 Å². The zero-order chi connectivity index (χ0) is 21.2. The monoisotopic (exact) mass is 400 g/mol. The van der Waals surface area contributed by atoms with E-state index in [1.54, 1.807) is 0 Å². The third-order valence-electron chi connectivity index (χ3n) is 6.49. The predicted octanol–water partition coefficient (Wildman–Crippen LogP) is 5.24. The minimum atomic E-state index is -0.0370. The Morgan fingerprint density at radius 1 is 0.548 bits per heavy atom. The van der Waals surface area contributed by atoms with Crippen LogP contribution in [-0.4, -0.2) is 12.3 Å². The van der Waals surface area contributed by atoms with Crippen LogP contribution in [0.1, 0.15) is 20.8 Å². The number of nitrogens with zero attached hydrogens (tertiary/aromatic N) is 2. The Bertz CT molecular complexity index is 1290. The number of para-hydroxylation sites is 3. The molecule has 2 aliphatic heterocycles. The number of anilines is 5. The summed E-state index contributed by atoms with van der Waals surface area (Å²) in [4.78, 5) is 4.95. The molecule has 4 aromatic carbocycles. The van der Waals surface area contributed by atoms with E-state index in [2.05, 4.69) is 128 Å². The fourth-order valence-electron chi connectivity index (χ4n) is 5.41. The second kappa shape index (κ2) is 6.52. The van der Waals surface area contributed by atoms with Crippen LogP contribution in [0.5, 0.6) is 0 Å². The normalized spacial score (nSPS) is 14.1. The van der Waals surface area contributed by atoms with E-state index in [9.17, 15) is 0 Å². The maximum Gasteiger partial charge on any atom is 0.252 e. The molecule has 2 nitrogen and oxygen atoms in total. The standard InChI is InChI=1S/C28H25BN2/c1-28(2,3)31-24-17-10-8-15-22(24)29-21-14-7-9-16-23(21)30(20-12-5-4-6-13-20)25-18-11-19-26(31)27(25)29/h4-19H,1-3H3. The predicted molar refractivity (Wildman–Crippen MR) is 134 cm³/mol. The van der Waals surface area contributed by atoms with E-state index in [-0.39, 0.29) is 12.3 Å². The first-order valence-electron chi connectivity index (χ1n) is 11.0. The molecule has 0 radical (unpaired) electrons. The molecule has 150 valence electrons. The number of rotatable bonds is 1. The molecule has 0 amide bonds. The smallest absolute Gasteiger partial charge is 0.252 e. The van der Waals surface area contributed by atoms with E-state index >= 15 is 0 Å². The summed E-state index contributed by atoms with van der Waals surface area (Å²) in [6.45, 7) is 7.14. The van der Waals surface area contributed by atoms with E-state index in [0.717, 1.165) is 0 Å². The molecule has 4 aromatic rings. The van der Waals surface area contributed by atoms with E-state index in [1.165, 1.54) is 44.8 Å². The van der Waals surface area contributed by atoms with Crippen molar-refractivity contribution in [2.75, 3.05) is 9.80 Å². The van der Waals surface area contributed by atoms with Gasteiger partial charge in [0.2, 0.25) is 0 Å². The van der Waals surface area contributed by atoms with Crippen molar-refractivity contribution in [3.63, 3.8) is 0 Å². The molecule has 0 N–H and O–H groups in total. The van der Waals surface area contributed by atoms with E-state index in [0.29, 0.717) is 0 Å². The first-order chi connectivity index (χ1) is 15.1. The highest BCUT2D eigenvalue weighted by atomic mass is 15.2. The van der Waals surface area contributed by atoms with Crippen LogP contribution in [0.15, 0.2) is 97.1 Å². The van der Waals surface area contributed by atoms with Crippen LogP contribution in [0.2, 0.25) is 0 Å². The summed E-state index contributed by atoms with van der Waals surface area (Å²) in [5.41, 5.74) is 10.5. The number of fused-ring (bicyclic) bond motifs is 4. The van der Waals surface area contributed by atoms with Gasteiger partial charge in [-0.05, 0) is 73.6 Å². The van der Waals surface area contributed by atoms with Crippen molar-refractivity contribution in [1.82, 2.24) is 0 Å². The fourth-order valence-corrected chi connectivity index (χ4v) is 5.41. The Morgan fingerprint density at radius 3 is 1.81 bits per heavy atom. The highest BCUT2D eigenvalue weighted by Gasteiger charge is 2.44. The number of benzene rings is 4. The van der Waals surface area contributed by atoms with E-state index in [4.69, 9.17) is 0 Å². The lowest BCUT2D eigenvalue weighted by Crippen LogP contribution is -2.63. The average Bonchev–Trinajstić information content (AvgIpc) is 2.78. The third kappa shape index (κ3) is 2.59. The molecule has 0 unspecified atom stereocenters. The molecule has 2 heterocycles. The number of hydrogen-bond acceptors (Lipinski definition) is 2. The van der Waals surface area contributed by atoms with Gasteiger partial charge in [0.15, 0.2) is 0 Å². The van der Waals surface area contributed by atoms with Crippen LogP contribution in [0.3, 0.4) is 0 Å². The van der Waals surface area contributed by atoms with Crippen LogP contribution in [0, 0.1) is 0 Å². The van der Waals surface area contributed by atoms with Gasteiger partial charge in [-0.2, -0.15) is 0 Å². The minimum Gasteiger partial charge on any atom is -0.337 e. The Morgan fingerprint density at radius 2 is 1.10 bits per heavy atom. The van der Waals surface area contributed by atoms with Crippen molar-refractivity contribution in [1.29, 1.82) is 0 Å². The lowest BCUT2D eigenvalue weighted by molar-refractivity contribution is 0.561. The molecule has 0 fully saturated rings. The number of hydrogen-bond donors (Lipinski definition) is 0. The lowest BCUT2D eigenvalue weighted by Gasteiger charge is -2.48. The molecule has 0 saturated heterocycles. The van der Waals surface area contributed by atoms with Gasteiger partial charge in [-0.25, -0.2) is 0 Å². The summed E-state index contributed by atoms with van der Waals surface area (Å²) >= 11 is 0. The summed E-state index contributed by atoms with van der Waals surface area (Å²) in [5.74, 6) is 0. The van der Waals surface area contributed by atoms with Gasteiger partial charge in [0.05, 0.1) is 0 Å². The Kier molecular flexibility index (Phi) is 3.85. The van der Waals surface area contributed by atoms with Gasteiger partial charge in [0.1, 0.15) is 0 Å². The summed E-state index contributed by atoms with van der Waals surface area (Å²) in [5, 5.41) is 0. The average molecular weight is 400 g/mol. The van der Waals surface area contributed by atoms with Crippen molar-refractivity contribution in [3.8, 4) is 0 Å². The van der Waals surface area contributed by atoms with Gasteiger partial charge in [-0.1, -0.05) is 60.7 Å². The van der Waals surface area contributed by atoms with Gasteiger partial charge in [0.25, 0.3) is 6.71 Å². The Balaban J connectivity index is 1.73.